The number of hydrogen-bond donors (Lipinski definition) is 1. The van der Waals surface area contributed by atoms with Crippen LogP contribution in [-0.4, -0.2) is 28.4 Å². The van der Waals surface area contributed by atoms with Crippen LogP contribution in [0.3, 0.4) is 0 Å². The number of carbonyl (C=O) groups excluding carboxylic acids is 1. The maximum atomic E-state index is 12.0. The van der Waals surface area contributed by atoms with Crippen LogP contribution in [0.1, 0.15) is 52.9 Å². The minimum absolute atomic E-state index is 0.229. The van der Waals surface area contributed by atoms with Crippen LogP contribution in [0.4, 0.5) is 0 Å². The number of rotatable bonds is 8. The van der Waals surface area contributed by atoms with Gasteiger partial charge in [-0.2, -0.15) is 0 Å². The lowest BCUT2D eigenvalue weighted by atomic mass is 10.1. The van der Waals surface area contributed by atoms with E-state index in [2.05, 4.69) is 20.8 Å². The summed E-state index contributed by atoms with van der Waals surface area (Å²) in [5.74, 6) is 0.229. The Labute approximate surface area is 104 Å². The molecule has 1 amide bonds. The number of nitrogens with zero attached hydrogens (tertiary/aromatic N) is 1. The summed E-state index contributed by atoms with van der Waals surface area (Å²) in [6.45, 7) is 6.91. The third-order valence-electron chi connectivity index (χ3n) is 2.79. The molecule has 0 fully saturated rings. The molecule has 0 aromatic carbocycles. The van der Waals surface area contributed by atoms with Crippen LogP contribution in [0.15, 0.2) is 0 Å². The van der Waals surface area contributed by atoms with E-state index in [1.54, 1.807) is 0 Å². The van der Waals surface area contributed by atoms with E-state index in [9.17, 15) is 4.79 Å². The van der Waals surface area contributed by atoms with Crippen molar-refractivity contribution in [2.75, 3.05) is 6.54 Å². The molecule has 4 heteroatoms. The summed E-state index contributed by atoms with van der Waals surface area (Å²) in [6.07, 6.45) is 4.24. The molecular weight excluding hydrogens is 220 g/mol. The van der Waals surface area contributed by atoms with Crippen LogP contribution in [0.5, 0.6) is 0 Å². The second kappa shape index (κ2) is 8.50. The topological polar surface area (TPSA) is 46.3 Å². The molecule has 0 aliphatic rings. The zero-order valence-electron chi connectivity index (χ0n) is 10.7. The van der Waals surface area contributed by atoms with Crippen molar-refractivity contribution in [3.63, 3.8) is 0 Å². The third kappa shape index (κ3) is 6.05. The highest BCUT2D eigenvalue weighted by molar-refractivity contribution is 7.80. The SMILES string of the molecule is CCCCC(=O)N(CCC(N)=S)C(C)CC. The molecule has 0 aliphatic heterocycles. The van der Waals surface area contributed by atoms with Crippen LogP contribution in [0.2, 0.25) is 0 Å². The Kier molecular flexibility index (Phi) is 8.16. The molecule has 0 aromatic heterocycles. The molecule has 1 unspecified atom stereocenters. The molecule has 0 radical (unpaired) electrons. The molecule has 1 atom stereocenters. The monoisotopic (exact) mass is 244 g/mol. The van der Waals surface area contributed by atoms with Crippen molar-refractivity contribution >= 4 is 23.1 Å². The lowest BCUT2D eigenvalue weighted by molar-refractivity contribution is -0.133. The second-order valence-corrected chi connectivity index (χ2v) is 4.69. The van der Waals surface area contributed by atoms with Crippen molar-refractivity contribution in [1.82, 2.24) is 4.90 Å². The molecule has 0 heterocycles. The Hall–Kier alpha value is -0.640. The molecule has 0 spiro atoms. The Balaban J connectivity index is 4.29. The summed E-state index contributed by atoms with van der Waals surface area (Å²) in [7, 11) is 0. The highest BCUT2D eigenvalue weighted by Crippen LogP contribution is 2.09. The standard InChI is InChI=1S/C12H24N2OS/c1-4-6-7-12(15)14(10(3)5-2)9-8-11(13)16/h10H,4-9H2,1-3H3,(H2,13,16). The first-order chi connectivity index (χ1) is 7.52. The predicted octanol–water partition coefficient (Wildman–Crippen LogP) is 2.48. The third-order valence-corrected chi connectivity index (χ3v) is 2.99. The van der Waals surface area contributed by atoms with E-state index in [1.807, 2.05) is 4.90 Å². The van der Waals surface area contributed by atoms with Gasteiger partial charge in [0.15, 0.2) is 0 Å². The fourth-order valence-electron chi connectivity index (χ4n) is 1.51. The number of unbranched alkanes of at least 4 members (excludes halogenated alkanes) is 1. The van der Waals surface area contributed by atoms with Gasteiger partial charge in [-0.25, -0.2) is 0 Å². The van der Waals surface area contributed by atoms with Gasteiger partial charge in [-0.05, 0) is 19.8 Å². The normalized spacial score (nSPS) is 12.2. The van der Waals surface area contributed by atoms with Gasteiger partial charge in [-0.3, -0.25) is 4.79 Å². The molecule has 0 bridgehead atoms. The van der Waals surface area contributed by atoms with Crippen LogP contribution >= 0.6 is 12.2 Å². The van der Waals surface area contributed by atoms with Crippen molar-refractivity contribution in [3.05, 3.63) is 0 Å². The van der Waals surface area contributed by atoms with Crippen molar-refractivity contribution in [2.45, 2.75) is 58.9 Å². The molecule has 2 N–H and O–H groups in total. The average molecular weight is 244 g/mol. The summed E-state index contributed by atoms with van der Waals surface area (Å²) in [4.78, 5) is 14.4. The van der Waals surface area contributed by atoms with Gasteiger partial charge < -0.3 is 10.6 Å². The van der Waals surface area contributed by atoms with Gasteiger partial charge in [0.05, 0.1) is 4.99 Å². The zero-order valence-corrected chi connectivity index (χ0v) is 11.5. The van der Waals surface area contributed by atoms with Gasteiger partial charge in [0, 0.05) is 25.4 Å². The zero-order chi connectivity index (χ0) is 12.6. The van der Waals surface area contributed by atoms with Gasteiger partial charge in [0.25, 0.3) is 0 Å². The Morgan fingerprint density at radius 1 is 1.38 bits per heavy atom. The predicted molar refractivity (Wildman–Crippen MR) is 72.4 cm³/mol. The lowest BCUT2D eigenvalue weighted by Crippen LogP contribution is -2.40. The maximum Gasteiger partial charge on any atom is 0.222 e. The first-order valence-electron chi connectivity index (χ1n) is 6.10. The fourth-order valence-corrected chi connectivity index (χ4v) is 1.60. The van der Waals surface area contributed by atoms with E-state index in [-0.39, 0.29) is 11.9 Å². The molecule has 3 nitrogen and oxygen atoms in total. The summed E-state index contributed by atoms with van der Waals surface area (Å²) >= 11 is 4.85. The van der Waals surface area contributed by atoms with Crippen molar-refractivity contribution in [1.29, 1.82) is 0 Å². The molecule has 0 aromatic rings. The van der Waals surface area contributed by atoms with Crippen LogP contribution in [-0.2, 0) is 4.79 Å². The van der Waals surface area contributed by atoms with Crippen LogP contribution < -0.4 is 5.73 Å². The van der Waals surface area contributed by atoms with E-state index < -0.39 is 0 Å². The van der Waals surface area contributed by atoms with Crippen molar-refractivity contribution < 1.29 is 4.79 Å². The first kappa shape index (κ1) is 15.4. The molecule has 0 rings (SSSR count). The number of thiocarbonyl (C=S) groups is 1. The summed E-state index contributed by atoms with van der Waals surface area (Å²) in [5, 5.41) is 0. The summed E-state index contributed by atoms with van der Waals surface area (Å²) < 4.78 is 0. The first-order valence-corrected chi connectivity index (χ1v) is 6.51. The minimum atomic E-state index is 0.229. The van der Waals surface area contributed by atoms with E-state index >= 15 is 0 Å². The van der Waals surface area contributed by atoms with Crippen molar-refractivity contribution in [3.8, 4) is 0 Å². The Morgan fingerprint density at radius 2 is 2.00 bits per heavy atom. The smallest absolute Gasteiger partial charge is 0.222 e. The van der Waals surface area contributed by atoms with Crippen molar-refractivity contribution in [2.24, 2.45) is 5.73 Å². The highest BCUT2D eigenvalue weighted by atomic mass is 32.1. The Morgan fingerprint density at radius 3 is 2.44 bits per heavy atom. The Bertz CT molecular complexity index is 231. The number of hydrogen-bond acceptors (Lipinski definition) is 2. The molecule has 0 saturated carbocycles. The highest BCUT2D eigenvalue weighted by Gasteiger charge is 2.17. The van der Waals surface area contributed by atoms with E-state index in [1.165, 1.54) is 0 Å². The van der Waals surface area contributed by atoms with Gasteiger partial charge >= 0.3 is 0 Å². The molecule has 0 saturated heterocycles. The number of amides is 1. The van der Waals surface area contributed by atoms with Crippen LogP contribution in [0, 0.1) is 0 Å². The maximum absolute atomic E-state index is 12.0. The number of nitrogens with two attached hydrogens (primary N) is 1. The van der Waals surface area contributed by atoms with Gasteiger partial charge in [0.2, 0.25) is 5.91 Å². The molecule has 16 heavy (non-hydrogen) atoms. The van der Waals surface area contributed by atoms with Gasteiger partial charge in [-0.1, -0.05) is 32.5 Å². The second-order valence-electron chi connectivity index (χ2n) is 4.16. The van der Waals surface area contributed by atoms with Gasteiger partial charge in [-0.15, -0.1) is 0 Å². The van der Waals surface area contributed by atoms with E-state index in [4.69, 9.17) is 18.0 Å². The molecule has 0 aliphatic carbocycles. The minimum Gasteiger partial charge on any atom is -0.393 e. The van der Waals surface area contributed by atoms with Crippen LogP contribution in [0.25, 0.3) is 0 Å². The average Bonchev–Trinajstić information content (AvgIpc) is 2.25. The van der Waals surface area contributed by atoms with E-state index in [0.29, 0.717) is 24.4 Å². The number of carbonyl (C=O) groups is 1. The van der Waals surface area contributed by atoms with Gasteiger partial charge in [0.1, 0.15) is 0 Å². The molecular formula is C12H24N2OS. The van der Waals surface area contributed by atoms with E-state index in [0.717, 1.165) is 19.3 Å². The lowest BCUT2D eigenvalue weighted by Gasteiger charge is -2.28. The molecule has 94 valence electrons. The largest absolute Gasteiger partial charge is 0.393 e. The quantitative estimate of drug-likeness (QED) is 0.667. The summed E-state index contributed by atoms with van der Waals surface area (Å²) in [6, 6.07) is 0.277. The summed E-state index contributed by atoms with van der Waals surface area (Å²) in [5.41, 5.74) is 5.48. The fraction of sp³-hybridized carbons (Fsp3) is 0.833.